The summed E-state index contributed by atoms with van der Waals surface area (Å²) in [6.45, 7) is 1.85. The number of thiophene rings is 1. The molecule has 1 atom stereocenters. The maximum Gasteiger partial charge on any atom is 0.220 e. The van der Waals surface area contributed by atoms with Crippen molar-refractivity contribution in [2.24, 2.45) is 0 Å². The molecule has 1 amide bonds. The molecule has 4 heteroatoms. The van der Waals surface area contributed by atoms with Crippen LogP contribution in [-0.2, 0) is 4.79 Å². The monoisotopic (exact) mass is 279 g/mol. The van der Waals surface area contributed by atoms with Crippen LogP contribution in [0.2, 0.25) is 5.02 Å². The second kappa shape index (κ2) is 6.03. The highest BCUT2D eigenvalue weighted by molar-refractivity contribution is 7.08. The van der Waals surface area contributed by atoms with Gasteiger partial charge >= 0.3 is 0 Å². The average molecular weight is 280 g/mol. The van der Waals surface area contributed by atoms with E-state index in [0.717, 1.165) is 11.1 Å². The van der Waals surface area contributed by atoms with E-state index in [1.54, 1.807) is 11.3 Å². The molecule has 0 saturated carbocycles. The molecule has 18 heavy (non-hydrogen) atoms. The summed E-state index contributed by atoms with van der Waals surface area (Å²) in [4.78, 5) is 11.6. The van der Waals surface area contributed by atoms with Gasteiger partial charge in [0, 0.05) is 11.4 Å². The third-order valence-corrected chi connectivity index (χ3v) is 3.66. The second-order valence-electron chi connectivity index (χ2n) is 3.96. The summed E-state index contributed by atoms with van der Waals surface area (Å²) >= 11 is 7.51. The van der Waals surface area contributed by atoms with E-state index in [1.807, 2.05) is 42.6 Å². The van der Waals surface area contributed by atoms with Gasteiger partial charge < -0.3 is 5.32 Å². The number of carbonyl (C=O) groups is 1. The molecule has 1 N–H and O–H groups in total. The Balaban J connectivity index is 2.30. The van der Waals surface area contributed by atoms with Crippen molar-refractivity contribution in [3.8, 4) is 0 Å². The molecule has 0 bridgehead atoms. The number of amides is 1. The third-order valence-electron chi connectivity index (χ3n) is 2.71. The lowest BCUT2D eigenvalue weighted by molar-refractivity contribution is -0.121. The van der Waals surface area contributed by atoms with Crippen molar-refractivity contribution in [2.45, 2.75) is 19.4 Å². The van der Waals surface area contributed by atoms with E-state index in [4.69, 9.17) is 11.6 Å². The molecule has 94 valence electrons. The highest BCUT2D eigenvalue weighted by Gasteiger charge is 2.16. The smallest absolute Gasteiger partial charge is 0.220 e. The normalized spacial score (nSPS) is 12.1. The van der Waals surface area contributed by atoms with E-state index in [1.165, 1.54) is 0 Å². The van der Waals surface area contributed by atoms with Gasteiger partial charge in [-0.25, -0.2) is 0 Å². The Kier molecular flexibility index (Phi) is 4.39. The summed E-state index contributed by atoms with van der Waals surface area (Å²) in [5.74, 6) is 0.0427. The van der Waals surface area contributed by atoms with Gasteiger partial charge in [-0.15, -0.1) is 0 Å². The molecule has 0 fully saturated rings. The maximum atomic E-state index is 11.6. The van der Waals surface area contributed by atoms with Crippen LogP contribution in [0.4, 0.5) is 0 Å². The molecular weight excluding hydrogens is 266 g/mol. The maximum absolute atomic E-state index is 11.6. The molecule has 2 aromatic rings. The van der Waals surface area contributed by atoms with Gasteiger partial charge in [0.15, 0.2) is 0 Å². The Labute approximate surface area is 116 Å². The van der Waals surface area contributed by atoms with Crippen LogP contribution in [0.25, 0.3) is 0 Å². The van der Waals surface area contributed by atoms with Gasteiger partial charge in [0.05, 0.1) is 6.04 Å². The van der Waals surface area contributed by atoms with Crippen LogP contribution in [0.3, 0.4) is 0 Å². The first kappa shape index (κ1) is 13.1. The Morgan fingerprint density at radius 2 is 2.00 bits per heavy atom. The van der Waals surface area contributed by atoms with Crippen LogP contribution < -0.4 is 5.32 Å². The first-order chi connectivity index (χ1) is 8.70. The van der Waals surface area contributed by atoms with E-state index < -0.39 is 0 Å². The first-order valence-corrected chi connectivity index (χ1v) is 7.09. The van der Waals surface area contributed by atoms with Crippen molar-refractivity contribution in [1.82, 2.24) is 5.32 Å². The van der Waals surface area contributed by atoms with E-state index in [-0.39, 0.29) is 11.9 Å². The van der Waals surface area contributed by atoms with Crippen LogP contribution in [0, 0.1) is 0 Å². The SMILES string of the molecule is CCC(=O)N[C@H](c1ccc(Cl)cc1)c1ccsc1. The van der Waals surface area contributed by atoms with E-state index in [2.05, 4.69) is 10.7 Å². The lowest BCUT2D eigenvalue weighted by Crippen LogP contribution is -2.28. The fraction of sp³-hybridized carbons (Fsp3) is 0.214. The number of nitrogens with one attached hydrogen (secondary N) is 1. The largest absolute Gasteiger partial charge is 0.345 e. The number of hydrogen-bond donors (Lipinski definition) is 1. The van der Waals surface area contributed by atoms with Gasteiger partial charge in [0.25, 0.3) is 0 Å². The Morgan fingerprint density at radius 1 is 1.28 bits per heavy atom. The molecule has 0 unspecified atom stereocenters. The zero-order chi connectivity index (χ0) is 13.0. The Hall–Kier alpha value is -1.32. The molecule has 1 heterocycles. The minimum atomic E-state index is -0.0963. The van der Waals surface area contributed by atoms with Crippen LogP contribution in [0.1, 0.15) is 30.5 Å². The number of rotatable bonds is 4. The fourth-order valence-corrected chi connectivity index (χ4v) is 2.53. The molecule has 2 rings (SSSR count). The topological polar surface area (TPSA) is 29.1 Å². The fourth-order valence-electron chi connectivity index (χ4n) is 1.72. The summed E-state index contributed by atoms with van der Waals surface area (Å²) in [5, 5.41) is 7.79. The summed E-state index contributed by atoms with van der Waals surface area (Å²) in [6.07, 6.45) is 0.480. The molecule has 0 aliphatic carbocycles. The standard InChI is InChI=1S/C14H14ClNOS/c1-2-13(17)16-14(11-7-8-18-9-11)10-3-5-12(15)6-4-10/h3-9,14H,2H2,1H3,(H,16,17)/t14-/m1/s1. The van der Waals surface area contributed by atoms with Gasteiger partial charge in [-0.2, -0.15) is 11.3 Å². The second-order valence-corrected chi connectivity index (χ2v) is 5.18. The molecule has 0 aliphatic heterocycles. The van der Waals surface area contributed by atoms with E-state index >= 15 is 0 Å². The van der Waals surface area contributed by atoms with Gasteiger partial charge in [-0.05, 0) is 40.1 Å². The molecular formula is C14H14ClNOS. The van der Waals surface area contributed by atoms with Crippen LogP contribution in [0.15, 0.2) is 41.1 Å². The predicted octanol–water partition coefficient (Wildman–Crippen LogP) is 4.02. The van der Waals surface area contributed by atoms with Crippen LogP contribution >= 0.6 is 22.9 Å². The molecule has 2 nitrogen and oxygen atoms in total. The van der Waals surface area contributed by atoms with Gasteiger partial charge in [-0.1, -0.05) is 30.7 Å². The van der Waals surface area contributed by atoms with Crippen LogP contribution in [-0.4, -0.2) is 5.91 Å². The van der Waals surface area contributed by atoms with Crippen molar-refractivity contribution < 1.29 is 4.79 Å². The van der Waals surface area contributed by atoms with Crippen molar-refractivity contribution in [1.29, 1.82) is 0 Å². The Bertz CT molecular complexity index is 507. The van der Waals surface area contributed by atoms with E-state index in [9.17, 15) is 4.79 Å². The minimum absolute atomic E-state index is 0.0427. The number of benzene rings is 1. The molecule has 1 aromatic heterocycles. The highest BCUT2D eigenvalue weighted by Crippen LogP contribution is 2.25. The molecule has 1 aromatic carbocycles. The number of hydrogen-bond acceptors (Lipinski definition) is 2. The van der Waals surface area contributed by atoms with Crippen molar-refractivity contribution in [2.75, 3.05) is 0 Å². The summed E-state index contributed by atoms with van der Waals surface area (Å²) in [5.41, 5.74) is 2.14. The quantitative estimate of drug-likeness (QED) is 0.900. The summed E-state index contributed by atoms with van der Waals surface area (Å²) in [7, 11) is 0. The lowest BCUT2D eigenvalue weighted by Gasteiger charge is -2.18. The molecule has 0 aliphatic rings. The summed E-state index contributed by atoms with van der Waals surface area (Å²) in [6, 6.07) is 9.50. The van der Waals surface area contributed by atoms with Gasteiger partial charge in [0.2, 0.25) is 5.91 Å². The number of halogens is 1. The summed E-state index contributed by atoms with van der Waals surface area (Å²) < 4.78 is 0. The average Bonchev–Trinajstić information content (AvgIpc) is 2.90. The van der Waals surface area contributed by atoms with Crippen molar-refractivity contribution in [3.63, 3.8) is 0 Å². The number of carbonyl (C=O) groups excluding carboxylic acids is 1. The highest BCUT2D eigenvalue weighted by atomic mass is 35.5. The molecule has 0 spiro atoms. The Morgan fingerprint density at radius 3 is 2.56 bits per heavy atom. The zero-order valence-corrected chi connectivity index (χ0v) is 11.6. The molecule has 0 radical (unpaired) electrons. The van der Waals surface area contributed by atoms with Crippen molar-refractivity contribution >= 4 is 28.8 Å². The molecule has 0 saturated heterocycles. The van der Waals surface area contributed by atoms with Crippen molar-refractivity contribution in [3.05, 3.63) is 57.2 Å². The van der Waals surface area contributed by atoms with Gasteiger partial charge in [0.1, 0.15) is 0 Å². The van der Waals surface area contributed by atoms with Crippen LogP contribution in [0.5, 0.6) is 0 Å². The van der Waals surface area contributed by atoms with E-state index in [0.29, 0.717) is 11.4 Å². The lowest BCUT2D eigenvalue weighted by atomic mass is 10.0. The third kappa shape index (κ3) is 3.12. The van der Waals surface area contributed by atoms with Gasteiger partial charge in [-0.3, -0.25) is 4.79 Å². The minimum Gasteiger partial charge on any atom is -0.345 e. The zero-order valence-electron chi connectivity index (χ0n) is 10.0. The first-order valence-electron chi connectivity index (χ1n) is 5.77. The predicted molar refractivity (Wildman–Crippen MR) is 76.0 cm³/mol.